The van der Waals surface area contributed by atoms with Gasteiger partial charge in [-0.1, -0.05) is 18.2 Å². The Morgan fingerprint density at radius 1 is 1.38 bits per heavy atom. The van der Waals surface area contributed by atoms with Crippen LogP contribution in [0.25, 0.3) is 10.9 Å². The maximum Gasteiger partial charge on any atom is 0.366 e. The first-order valence-electron chi connectivity index (χ1n) is 5.08. The third-order valence-electron chi connectivity index (χ3n) is 2.54. The van der Waals surface area contributed by atoms with Gasteiger partial charge in [0.2, 0.25) is 0 Å². The molecule has 2 aromatic rings. The van der Waals surface area contributed by atoms with E-state index in [1.807, 2.05) is 48.7 Å². The second kappa shape index (κ2) is 4.29. The van der Waals surface area contributed by atoms with Gasteiger partial charge in [0.05, 0.1) is 0 Å². The lowest BCUT2D eigenvalue weighted by molar-refractivity contribution is 0.0770. The molecule has 3 nitrogen and oxygen atoms in total. The van der Waals surface area contributed by atoms with Crippen LogP contribution in [0.1, 0.15) is 30.4 Å². The number of aromatic nitrogens is 1. The number of nitrogens with zero attached hydrogens (tertiary/aromatic N) is 1. The summed E-state index contributed by atoms with van der Waals surface area (Å²) in [4.78, 5) is 11.6. The molecule has 4 heteroatoms. The van der Waals surface area contributed by atoms with Crippen LogP contribution in [0.4, 0.5) is 0 Å². The standard InChI is InChI=1S/C12H12BrNO2/c1-8(2)14-10-6-4-3-5-9(10)7-11(14)12(15)16-13/h3-8H,1-2H3. The smallest absolute Gasteiger partial charge is 0.366 e. The Bertz CT molecular complexity index is 531. The quantitative estimate of drug-likeness (QED) is 0.841. The van der Waals surface area contributed by atoms with Crippen LogP contribution in [-0.2, 0) is 3.83 Å². The van der Waals surface area contributed by atoms with Crippen molar-refractivity contribution in [2.45, 2.75) is 19.9 Å². The maximum absolute atomic E-state index is 11.6. The minimum atomic E-state index is -0.370. The first-order chi connectivity index (χ1) is 7.65. The Balaban J connectivity index is 2.73. The van der Waals surface area contributed by atoms with E-state index < -0.39 is 0 Å². The third-order valence-corrected chi connectivity index (χ3v) is 2.84. The van der Waals surface area contributed by atoms with E-state index in [0.29, 0.717) is 5.69 Å². The molecule has 16 heavy (non-hydrogen) atoms. The van der Waals surface area contributed by atoms with Gasteiger partial charge in [0.15, 0.2) is 16.3 Å². The monoisotopic (exact) mass is 281 g/mol. The van der Waals surface area contributed by atoms with Crippen molar-refractivity contribution in [3.05, 3.63) is 36.0 Å². The van der Waals surface area contributed by atoms with Crippen molar-refractivity contribution in [1.82, 2.24) is 4.57 Å². The molecule has 1 aromatic heterocycles. The molecule has 0 aliphatic carbocycles. The summed E-state index contributed by atoms with van der Waals surface area (Å²) in [6.07, 6.45) is 0. The molecule has 0 saturated carbocycles. The van der Waals surface area contributed by atoms with Crippen LogP contribution in [0, 0.1) is 0 Å². The van der Waals surface area contributed by atoms with Gasteiger partial charge in [-0.25, -0.2) is 4.79 Å². The van der Waals surface area contributed by atoms with E-state index in [1.165, 1.54) is 0 Å². The molecule has 0 spiro atoms. The molecular formula is C12H12BrNO2. The summed E-state index contributed by atoms with van der Waals surface area (Å²) in [6, 6.07) is 9.96. The molecular weight excluding hydrogens is 270 g/mol. The number of para-hydroxylation sites is 1. The first kappa shape index (κ1) is 11.2. The molecule has 84 valence electrons. The molecule has 2 rings (SSSR count). The fourth-order valence-electron chi connectivity index (χ4n) is 1.93. The van der Waals surface area contributed by atoms with Gasteiger partial charge in [-0.05, 0) is 26.0 Å². The molecule has 0 amide bonds. The van der Waals surface area contributed by atoms with Gasteiger partial charge in [-0.15, -0.1) is 0 Å². The lowest BCUT2D eigenvalue weighted by atomic mass is 10.2. The fourth-order valence-corrected chi connectivity index (χ4v) is 2.09. The Morgan fingerprint density at radius 2 is 2.06 bits per heavy atom. The zero-order valence-electron chi connectivity index (χ0n) is 9.11. The predicted octanol–water partition coefficient (Wildman–Crippen LogP) is 3.69. The van der Waals surface area contributed by atoms with Crippen LogP contribution in [-0.4, -0.2) is 10.5 Å². The highest BCUT2D eigenvalue weighted by Gasteiger charge is 2.17. The molecule has 0 atom stereocenters. The highest BCUT2D eigenvalue weighted by atomic mass is 79.9. The minimum absolute atomic E-state index is 0.210. The minimum Gasteiger partial charge on any atom is -0.379 e. The average Bonchev–Trinajstić information content (AvgIpc) is 2.67. The van der Waals surface area contributed by atoms with E-state index in [4.69, 9.17) is 0 Å². The summed E-state index contributed by atoms with van der Waals surface area (Å²) in [6.45, 7) is 4.08. The molecule has 0 bridgehead atoms. The van der Waals surface area contributed by atoms with E-state index in [9.17, 15) is 4.79 Å². The van der Waals surface area contributed by atoms with Crippen molar-refractivity contribution in [3.8, 4) is 0 Å². The second-order valence-corrected chi connectivity index (χ2v) is 4.24. The summed E-state index contributed by atoms with van der Waals surface area (Å²) >= 11 is 2.73. The van der Waals surface area contributed by atoms with Crippen LogP contribution < -0.4 is 0 Å². The van der Waals surface area contributed by atoms with Crippen LogP contribution >= 0.6 is 16.3 Å². The van der Waals surface area contributed by atoms with Crippen LogP contribution in [0.3, 0.4) is 0 Å². The largest absolute Gasteiger partial charge is 0.379 e. The lowest BCUT2D eigenvalue weighted by Gasteiger charge is -2.12. The summed E-state index contributed by atoms with van der Waals surface area (Å²) in [5.74, 6) is -0.370. The molecule has 1 aromatic carbocycles. The van der Waals surface area contributed by atoms with Crippen molar-refractivity contribution in [2.75, 3.05) is 0 Å². The predicted molar refractivity (Wildman–Crippen MR) is 66.7 cm³/mol. The van der Waals surface area contributed by atoms with Crippen molar-refractivity contribution in [3.63, 3.8) is 0 Å². The van der Waals surface area contributed by atoms with Crippen molar-refractivity contribution in [1.29, 1.82) is 0 Å². The first-order valence-corrected chi connectivity index (χ1v) is 5.72. The van der Waals surface area contributed by atoms with Crippen LogP contribution in [0.15, 0.2) is 30.3 Å². The topological polar surface area (TPSA) is 31.2 Å². The van der Waals surface area contributed by atoms with Gasteiger partial charge in [0.1, 0.15) is 5.69 Å². The van der Waals surface area contributed by atoms with E-state index in [1.54, 1.807) is 0 Å². The third kappa shape index (κ3) is 1.73. The van der Waals surface area contributed by atoms with Gasteiger partial charge in [-0.2, -0.15) is 0 Å². The number of carbonyl (C=O) groups is 1. The Hall–Kier alpha value is -1.29. The van der Waals surface area contributed by atoms with E-state index in [0.717, 1.165) is 10.9 Å². The Morgan fingerprint density at radius 3 is 2.69 bits per heavy atom. The van der Waals surface area contributed by atoms with Crippen LogP contribution in [0.5, 0.6) is 0 Å². The Kier molecular flexibility index (Phi) is 3.01. The van der Waals surface area contributed by atoms with E-state index in [-0.39, 0.29) is 12.0 Å². The molecule has 0 N–H and O–H groups in total. The van der Waals surface area contributed by atoms with Gasteiger partial charge in [-0.3, -0.25) is 0 Å². The van der Waals surface area contributed by atoms with Gasteiger partial charge in [0, 0.05) is 16.9 Å². The number of rotatable bonds is 2. The summed E-state index contributed by atoms with van der Waals surface area (Å²) < 4.78 is 6.58. The normalized spacial score (nSPS) is 11.0. The maximum atomic E-state index is 11.6. The summed E-state index contributed by atoms with van der Waals surface area (Å²) in [7, 11) is 0. The van der Waals surface area contributed by atoms with Crippen molar-refractivity contribution >= 4 is 33.1 Å². The zero-order chi connectivity index (χ0) is 11.7. The van der Waals surface area contributed by atoms with Gasteiger partial charge >= 0.3 is 5.97 Å². The molecule has 0 aliphatic rings. The van der Waals surface area contributed by atoms with Gasteiger partial charge in [0.25, 0.3) is 0 Å². The average molecular weight is 282 g/mol. The summed E-state index contributed by atoms with van der Waals surface area (Å²) in [5.41, 5.74) is 1.61. The van der Waals surface area contributed by atoms with Crippen molar-refractivity contribution < 1.29 is 8.62 Å². The highest BCUT2D eigenvalue weighted by molar-refractivity contribution is 9.06. The molecule has 1 heterocycles. The van der Waals surface area contributed by atoms with Gasteiger partial charge < -0.3 is 8.40 Å². The molecule has 0 radical (unpaired) electrons. The summed E-state index contributed by atoms with van der Waals surface area (Å²) in [5, 5.41) is 1.05. The Labute approximate surface area is 102 Å². The number of hydrogen-bond donors (Lipinski definition) is 0. The second-order valence-electron chi connectivity index (χ2n) is 3.92. The molecule has 0 unspecified atom stereocenters. The zero-order valence-corrected chi connectivity index (χ0v) is 10.7. The lowest BCUT2D eigenvalue weighted by Crippen LogP contribution is -2.10. The number of carbonyl (C=O) groups excluding carboxylic acids is 1. The number of fused-ring (bicyclic) bond motifs is 1. The van der Waals surface area contributed by atoms with E-state index >= 15 is 0 Å². The van der Waals surface area contributed by atoms with Crippen LogP contribution in [0.2, 0.25) is 0 Å². The number of hydrogen-bond acceptors (Lipinski definition) is 2. The SMILES string of the molecule is CC(C)n1c(C(=O)OBr)cc2ccccc21. The van der Waals surface area contributed by atoms with E-state index in [2.05, 4.69) is 20.1 Å². The number of benzene rings is 1. The van der Waals surface area contributed by atoms with Crippen molar-refractivity contribution in [2.24, 2.45) is 0 Å². The fraction of sp³-hybridized carbons (Fsp3) is 0.250. The number of halogens is 1. The molecule has 0 fully saturated rings. The molecule has 0 saturated heterocycles. The molecule has 0 aliphatic heterocycles. The highest BCUT2D eigenvalue weighted by Crippen LogP contribution is 2.24.